The summed E-state index contributed by atoms with van der Waals surface area (Å²) in [6, 6.07) is 16.3. The van der Waals surface area contributed by atoms with Crippen LogP contribution in [0.2, 0.25) is 0 Å². The van der Waals surface area contributed by atoms with Crippen LogP contribution in [0.5, 0.6) is 0 Å². The number of nitrogen functional groups attached to an aromatic ring is 1. The fourth-order valence-corrected chi connectivity index (χ4v) is 3.45. The normalized spacial score (nSPS) is 16.6. The number of likely N-dealkylation sites (tertiary alicyclic amines) is 1. The van der Waals surface area contributed by atoms with Gasteiger partial charge in [0.25, 0.3) is 0 Å². The molecule has 3 N–H and O–H groups in total. The third-order valence-corrected chi connectivity index (χ3v) is 4.94. The average molecular weight is 388 g/mol. The van der Waals surface area contributed by atoms with Crippen molar-refractivity contribution in [2.75, 3.05) is 20.2 Å². The number of benzene rings is 2. The maximum atomic E-state index is 11.4. The van der Waals surface area contributed by atoms with Gasteiger partial charge in [-0.2, -0.15) is 0 Å². The van der Waals surface area contributed by atoms with Gasteiger partial charge in [0.1, 0.15) is 5.84 Å². The minimum Gasteiger partial charge on any atom is -0.469 e. The number of nitrogens with zero attached hydrogens (tertiary/aromatic N) is 1. The number of nitrogens with two attached hydrogens (primary N) is 1. The maximum Gasteiger partial charge on any atom is 0.305 e. The fourth-order valence-electron chi connectivity index (χ4n) is 3.45. The van der Waals surface area contributed by atoms with Crippen molar-refractivity contribution in [1.29, 1.82) is 5.41 Å². The average Bonchev–Trinajstić information content (AvgIpc) is 3.09. The third-order valence-electron chi connectivity index (χ3n) is 4.94. The van der Waals surface area contributed by atoms with Crippen molar-refractivity contribution < 1.29 is 9.53 Å². The molecule has 0 radical (unpaired) electrons. The van der Waals surface area contributed by atoms with Gasteiger partial charge < -0.3 is 10.5 Å². The van der Waals surface area contributed by atoms with Gasteiger partial charge in [-0.3, -0.25) is 15.1 Å². The van der Waals surface area contributed by atoms with Gasteiger partial charge in [0.15, 0.2) is 0 Å². The number of carbonyl (C=O) groups is 1. The van der Waals surface area contributed by atoms with Crippen LogP contribution in [0.25, 0.3) is 11.1 Å². The van der Waals surface area contributed by atoms with Gasteiger partial charge >= 0.3 is 5.97 Å². The van der Waals surface area contributed by atoms with E-state index >= 15 is 0 Å². The Labute approximate surface area is 166 Å². The summed E-state index contributed by atoms with van der Waals surface area (Å²) in [5, 5.41) is 7.46. The van der Waals surface area contributed by atoms with E-state index in [-0.39, 0.29) is 24.2 Å². The van der Waals surface area contributed by atoms with Crippen molar-refractivity contribution in [2.24, 2.45) is 11.7 Å². The molecule has 1 aliphatic heterocycles. The second-order valence-corrected chi connectivity index (χ2v) is 6.86. The lowest BCUT2D eigenvalue weighted by atomic mass is 10.0. The van der Waals surface area contributed by atoms with E-state index < -0.39 is 0 Å². The first kappa shape index (κ1) is 20.9. The summed E-state index contributed by atoms with van der Waals surface area (Å²) in [4.78, 5) is 13.8. The summed E-state index contributed by atoms with van der Waals surface area (Å²) in [5.41, 5.74) is 9.76. The number of ether oxygens (including phenoxy) is 1. The van der Waals surface area contributed by atoms with E-state index in [1.165, 1.54) is 12.7 Å². The van der Waals surface area contributed by atoms with E-state index in [1.807, 2.05) is 24.3 Å². The molecule has 0 spiro atoms. The maximum absolute atomic E-state index is 11.4. The number of halogens is 1. The summed E-state index contributed by atoms with van der Waals surface area (Å²) in [7, 11) is 1.45. The van der Waals surface area contributed by atoms with Crippen molar-refractivity contribution >= 4 is 24.2 Å². The predicted molar refractivity (Wildman–Crippen MR) is 110 cm³/mol. The lowest BCUT2D eigenvalue weighted by Crippen LogP contribution is -2.21. The summed E-state index contributed by atoms with van der Waals surface area (Å²) in [5.74, 6) is 0.376. The Balaban J connectivity index is 0.00000261. The monoisotopic (exact) mass is 387 g/mol. The fraction of sp³-hybridized carbons (Fsp3) is 0.333. The highest BCUT2D eigenvalue weighted by atomic mass is 35.5. The van der Waals surface area contributed by atoms with Crippen LogP contribution < -0.4 is 5.73 Å². The zero-order valence-corrected chi connectivity index (χ0v) is 16.3. The quantitative estimate of drug-likeness (QED) is 0.452. The van der Waals surface area contributed by atoms with Crippen LogP contribution in [0.4, 0.5) is 0 Å². The molecule has 1 atom stereocenters. The number of amidine groups is 1. The van der Waals surface area contributed by atoms with Gasteiger partial charge in [0, 0.05) is 25.1 Å². The Hall–Kier alpha value is -2.37. The Morgan fingerprint density at radius 2 is 1.74 bits per heavy atom. The van der Waals surface area contributed by atoms with E-state index in [9.17, 15) is 4.79 Å². The van der Waals surface area contributed by atoms with E-state index in [4.69, 9.17) is 15.9 Å². The molecule has 1 fully saturated rings. The zero-order valence-electron chi connectivity index (χ0n) is 15.5. The summed E-state index contributed by atoms with van der Waals surface area (Å²) < 4.78 is 4.77. The van der Waals surface area contributed by atoms with E-state index in [0.29, 0.717) is 12.3 Å². The van der Waals surface area contributed by atoms with Crippen molar-refractivity contribution in [2.45, 2.75) is 19.4 Å². The first-order valence-electron chi connectivity index (χ1n) is 8.88. The van der Waals surface area contributed by atoms with E-state index in [1.54, 1.807) is 0 Å². The highest BCUT2D eigenvalue weighted by Gasteiger charge is 2.24. The smallest absolute Gasteiger partial charge is 0.305 e. The molecular formula is C21H26ClN3O2. The van der Waals surface area contributed by atoms with Gasteiger partial charge in [-0.25, -0.2) is 0 Å². The molecule has 1 saturated heterocycles. The molecule has 2 aromatic rings. The first-order valence-corrected chi connectivity index (χ1v) is 8.88. The lowest BCUT2D eigenvalue weighted by molar-refractivity contribution is -0.141. The van der Waals surface area contributed by atoms with Gasteiger partial charge in [-0.05, 0) is 35.6 Å². The van der Waals surface area contributed by atoms with Crippen molar-refractivity contribution in [3.63, 3.8) is 0 Å². The topological polar surface area (TPSA) is 79.4 Å². The van der Waals surface area contributed by atoms with Crippen LogP contribution in [0.1, 0.15) is 24.0 Å². The second-order valence-electron chi connectivity index (χ2n) is 6.86. The molecule has 1 heterocycles. The number of carbonyl (C=O) groups excluding carboxylic acids is 1. The molecule has 0 aliphatic carbocycles. The molecule has 0 aromatic heterocycles. The van der Waals surface area contributed by atoms with Crippen molar-refractivity contribution in [1.82, 2.24) is 4.90 Å². The summed E-state index contributed by atoms with van der Waals surface area (Å²) >= 11 is 0. The molecule has 0 saturated carbocycles. The van der Waals surface area contributed by atoms with E-state index in [2.05, 4.69) is 29.2 Å². The Bertz CT molecular complexity index is 775. The van der Waals surface area contributed by atoms with E-state index in [0.717, 1.165) is 42.7 Å². The Morgan fingerprint density at radius 1 is 1.15 bits per heavy atom. The van der Waals surface area contributed by atoms with Crippen LogP contribution in [-0.4, -0.2) is 36.9 Å². The summed E-state index contributed by atoms with van der Waals surface area (Å²) in [6.07, 6.45) is 1.57. The number of esters is 1. The van der Waals surface area contributed by atoms with Crippen LogP contribution >= 0.6 is 12.4 Å². The highest BCUT2D eigenvalue weighted by Crippen LogP contribution is 2.24. The highest BCUT2D eigenvalue weighted by molar-refractivity contribution is 5.95. The minimum atomic E-state index is -0.114. The molecule has 6 heteroatoms. The van der Waals surface area contributed by atoms with Crippen LogP contribution in [0.3, 0.4) is 0 Å². The molecule has 5 nitrogen and oxygen atoms in total. The first-order chi connectivity index (χ1) is 12.5. The second kappa shape index (κ2) is 9.53. The van der Waals surface area contributed by atoms with Gasteiger partial charge in [-0.15, -0.1) is 12.4 Å². The van der Waals surface area contributed by atoms with Gasteiger partial charge in [0.2, 0.25) is 0 Å². The molecule has 27 heavy (non-hydrogen) atoms. The standard InChI is InChI=1S/C21H25N3O2.ClH/c1-26-20(25)12-16-10-11-24(14-16)13-15-2-4-17(5-3-15)18-6-8-19(9-7-18)21(22)23;/h2-9,16H,10-14H2,1H3,(H3,22,23);1H. The molecule has 3 rings (SSSR count). The number of methoxy groups -OCH3 is 1. The molecule has 144 valence electrons. The number of rotatable bonds is 6. The molecule has 0 amide bonds. The minimum absolute atomic E-state index is 0. The molecule has 1 aliphatic rings. The van der Waals surface area contributed by atoms with Crippen molar-refractivity contribution in [3.8, 4) is 11.1 Å². The largest absolute Gasteiger partial charge is 0.469 e. The number of hydrogen-bond acceptors (Lipinski definition) is 4. The van der Waals surface area contributed by atoms with Crippen LogP contribution in [0, 0.1) is 11.3 Å². The molecule has 2 aromatic carbocycles. The number of nitrogens with one attached hydrogen (secondary N) is 1. The van der Waals surface area contributed by atoms with Crippen LogP contribution in [0.15, 0.2) is 48.5 Å². The summed E-state index contributed by atoms with van der Waals surface area (Å²) in [6.45, 7) is 2.88. The third kappa shape index (κ3) is 5.55. The van der Waals surface area contributed by atoms with Gasteiger partial charge in [-0.1, -0.05) is 48.5 Å². The molecule has 1 unspecified atom stereocenters. The van der Waals surface area contributed by atoms with Crippen LogP contribution in [-0.2, 0) is 16.1 Å². The van der Waals surface area contributed by atoms with Gasteiger partial charge in [0.05, 0.1) is 7.11 Å². The van der Waals surface area contributed by atoms with Crippen molar-refractivity contribution in [3.05, 3.63) is 59.7 Å². The predicted octanol–water partition coefficient (Wildman–Crippen LogP) is 3.44. The molecular weight excluding hydrogens is 362 g/mol. The lowest BCUT2D eigenvalue weighted by Gasteiger charge is -2.16. The number of hydrogen-bond donors (Lipinski definition) is 2. The Morgan fingerprint density at radius 3 is 2.30 bits per heavy atom. The Kier molecular flexibility index (Phi) is 7.39. The zero-order chi connectivity index (χ0) is 18.5. The SMILES string of the molecule is COC(=O)CC1CCN(Cc2ccc(-c3ccc(C(=N)N)cc3)cc2)C1.Cl. The molecule has 0 bridgehead atoms.